The van der Waals surface area contributed by atoms with Crippen LogP contribution in [0.4, 0.5) is 5.69 Å². The fraction of sp³-hybridized carbons (Fsp3) is 0.231. The second-order valence-electron chi connectivity index (χ2n) is 3.78. The number of fused-ring (bicyclic) bond motifs is 1. The van der Waals surface area contributed by atoms with Gasteiger partial charge in [-0.25, -0.2) is 4.79 Å². The van der Waals surface area contributed by atoms with Crippen molar-refractivity contribution >= 4 is 38.5 Å². The summed E-state index contributed by atoms with van der Waals surface area (Å²) < 4.78 is 11.0. The van der Waals surface area contributed by atoms with E-state index in [9.17, 15) is 4.79 Å². The predicted octanol–water partition coefficient (Wildman–Crippen LogP) is 2.76. The Morgan fingerprint density at radius 1 is 1.47 bits per heavy atom. The van der Waals surface area contributed by atoms with Gasteiger partial charge in [-0.1, -0.05) is 0 Å². The average Bonchev–Trinajstić information content (AvgIpc) is 2.40. The third kappa shape index (κ3) is 2.35. The molecule has 6 heteroatoms. The SMILES string of the molecule is CCOC(=O)c1cnc2c(Br)ccc(OC)c2c1N. The standard InChI is InChI=1S/C13H13BrN2O3/c1-3-19-13(17)7-6-16-12-8(14)4-5-9(18-2)10(12)11(7)15/h4-6H,3H2,1-2H3,(H2,15,16). The number of pyridine rings is 1. The molecule has 0 unspecified atom stereocenters. The third-order valence-electron chi connectivity index (χ3n) is 2.69. The van der Waals surface area contributed by atoms with Crippen molar-refractivity contribution in [2.24, 2.45) is 0 Å². The topological polar surface area (TPSA) is 74.4 Å². The second kappa shape index (κ2) is 5.44. The van der Waals surface area contributed by atoms with Crippen LogP contribution in [0, 0.1) is 0 Å². The number of nitrogen functional groups attached to an aromatic ring is 1. The number of methoxy groups -OCH3 is 1. The molecule has 2 N–H and O–H groups in total. The average molecular weight is 325 g/mol. The predicted molar refractivity (Wildman–Crippen MR) is 76.4 cm³/mol. The molecule has 0 radical (unpaired) electrons. The minimum absolute atomic E-state index is 0.241. The van der Waals surface area contributed by atoms with Crippen molar-refractivity contribution in [2.45, 2.75) is 6.92 Å². The first-order valence-corrected chi connectivity index (χ1v) is 6.47. The number of carbonyl (C=O) groups is 1. The highest BCUT2D eigenvalue weighted by molar-refractivity contribution is 9.10. The zero-order valence-corrected chi connectivity index (χ0v) is 12.2. The van der Waals surface area contributed by atoms with E-state index in [1.807, 2.05) is 6.07 Å². The number of aromatic nitrogens is 1. The Labute approximate surface area is 118 Å². The Balaban J connectivity index is 2.73. The molecule has 19 heavy (non-hydrogen) atoms. The highest BCUT2D eigenvalue weighted by Crippen LogP contribution is 2.35. The smallest absolute Gasteiger partial charge is 0.341 e. The Morgan fingerprint density at radius 2 is 2.21 bits per heavy atom. The molecule has 100 valence electrons. The first-order chi connectivity index (χ1) is 9.10. The maximum Gasteiger partial charge on any atom is 0.341 e. The molecular formula is C13H13BrN2O3. The van der Waals surface area contributed by atoms with Gasteiger partial charge in [0.05, 0.1) is 30.3 Å². The number of nitrogens with zero attached hydrogens (tertiary/aromatic N) is 1. The van der Waals surface area contributed by atoms with Gasteiger partial charge in [-0.15, -0.1) is 0 Å². The van der Waals surface area contributed by atoms with Crippen LogP contribution in [0.2, 0.25) is 0 Å². The van der Waals surface area contributed by atoms with E-state index in [0.717, 1.165) is 4.47 Å². The molecular weight excluding hydrogens is 312 g/mol. The molecule has 0 saturated heterocycles. The number of anilines is 1. The Bertz CT molecular complexity index is 643. The maximum atomic E-state index is 11.8. The van der Waals surface area contributed by atoms with Crippen molar-refractivity contribution in [3.63, 3.8) is 0 Å². The fourth-order valence-electron chi connectivity index (χ4n) is 1.81. The molecule has 0 bridgehead atoms. The van der Waals surface area contributed by atoms with Gasteiger partial charge >= 0.3 is 5.97 Å². The lowest BCUT2D eigenvalue weighted by molar-refractivity contribution is 0.0527. The van der Waals surface area contributed by atoms with Crippen LogP contribution in [0.1, 0.15) is 17.3 Å². The number of carbonyl (C=O) groups excluding carboxylic acids is 1. The number of ether oxygens (including phenoxy) is 2. The monoisotopic (exact) mass is 324 g/mol. The van der Waals surface area contributed by atoms with Crippen molar-refractivity contribution in [3.8, 4) is 5.75 Å². The van der Waals surface area contributed by atoms with Gasteiger partial charge in [0.15, 0.2) is 0 Å². The van der Waals surface area contributed by atoms with Crippen molar-refractivity contribution in [1.29, 1.82) is 0 Å². The molecule has 1 aromatic carbocycles. The quantitative estimate of drug-likeness (QED) is 0.879. The van der Waals surface area contributed by atoms with Crippen molar-refractivity contribution in [2.75, 3.05) is 19.5 Å². The minimum Gasteiger partial charge on any atom is -0.496 e. The van der Waals surface area contributed by atoms with Gasteiger partial charge in [0, 0.05) is 10.7 Å². The van der Waals surface area contributed by atoms with Gasteiger partial charge in [0.25, 0.3) is 0 Å². The van der Waals surface area contributed by atoms with Gasteiger partial charge in [-0.2, -0.15) is 0 Å². The summed E-state index contributed by atoms with van der Waals surface area (Å²) in [5.41, 5.74) is 7.25. The summed E-state index contributed by atoms with van der Waals surface area (Å²) in [7, 11) is 1.54. The van der Waals surface area contributed by atoms with E-state index in [-0.39, 0.29) is 12.2 Å². The first-order valence-electron chi connectivity index (χ1n) is 5.68. The number of rotatable bonds is 3. The van der Waals surface area contributed by atoms with Crippen LogP contribution >= 0.6 is 15.9 Å². The summed E-state index contributed by atoms with van der Waals surface area (Å²) in [5.74, 6) is 0.0748. The normalized spacial score (nSPS) is 10.5. The van der Waals surface area contributed by atoms with Gasteiger partial charge in [-0.3, -0.25) is 4.98 Å². The minimum atomic E-state index is -0.489. The number of hydrogen-bond acceptors (Lipinski definition) is 5. The lowest BCUT2D eigenvalue weighted by Gasteiger charge is -2.11. The molecule has 0 aliphatic carbocycles. The summed E-state index contributed by atoms with van der Waals surface area (Å²) in [4.78, 5) is 16.0. The zero-order valence-electron chi connectivity index (χ0n) is 10.6. The van der Waals surface area contributed by atoms with Crippen LogP contribution in [-0.2, 0) is 4.74 Å². The summed E-state index contributed by atoms with van der Waals surface area (Å²) in [6.45, 7) is 2.02. The molecule has 0 fully saturated rings. The Hall–Kier alpha value is -1.82. The summed E-state index contributed by atoms with van der Waals surface area (Å²) in [5, 5.41) is 0.599. The van der Waals surface area contributed by atoms with Gasteiger partial charge in [-0.05, 0) is 35.0 Å². The van der Waals surface area contributed by atoms with E-state index in [4.69, 9.17) is 15.2 Å². The summed E-state index contributed by atoms with van der Waals surface area (Å²) in [6.07, 6.45) is 1.42. The Kier molecular flexibility index (Phi) is 3.90. The molecule has 1 heterocycles. The summed E-state index contributed by atoms with van der Waals surface area (Å²) in [6, 6.07) is 3.58. The van der Waals surface area contributed by atoms with Crippen LogP contribution < -0.4 is 10.5 Å². The molecule has 0 saturated carbocycles. The van der Waals surface area contributed by atoms with E-state index >= 15 is 0 Å². The number of halogens is 1. The van der Waals surface area contributed by atoms with Crippen LogP contribution in [0.25, 0.3) is 10.9 Å². The Morgan fingerprint density at radius 3 is 2.84 bits per heavy atom. The van der Waals surface area contributed by atoms with Crippen LogP contribution in [0.3, 0.4) is 0 Å². The summed E-state index contributed by atoms with van der Waals surface area (Å²) >= 11 is 3.40. The number of esters is 1. The lowest BCUT2D eigenvalue weighted by atomic mass is 10.1. The molecule has 0 aliphatic heterocycles. The zero-order chi connectivity index (χ0) is 14.0. The number of benzene rings is 1. The molecule has 0 amide bonds. The van der Waals surface area contributed by atoms with E-state index in [0.29, 0.717) is 22.3 Å². The van der Waals surface area contributed by atoms with E-state index in [2.05, 4.69) is 20.9 Å². The van der Waals surface area contributed by atoms with Gasteiger partial charge < -0.3 is 15.2 Å². The fourth-order valence-corrected chi connectivity index (χ4v) is 2.24. The number of nitrogens with two attached hydrogens (primary N) is 1. The highest BCUT2D eigenvalue weighted by atomic mass is 79.9. The largest absolute Gasteiger partial charge is 0.496 e. The molecule has 0 spiro atoms. The number of hydrogen-bond donors (Lipinski definition) is 1. The molecule has 1 aromatic heterocycles. The van der Waals surface area contributed by atoms with Crippen LogP contribution in [-0.4, -0.2) is 24.7 Å². The highest BCUT2D eigenvalue weighted by Gasteiger charge is 2.18. The van der Waals surface area contributed by atoms with E-state index in [1.165, 1.54) is 6.20 Å². The maximum absolute atomic E-state index is 11.8. The molecule has 0 atom stereocenters. The van der Waals surface area contributed by atoms with Crippen LogP contribution in [0.5, 0.6) is 5.75 Å². The molecule has 5 nitrogen and oxygen atoms in total. The van der Waals surface area contributed by atoms with E-state index < -0.39 is 5.97 Å². The van der Waals surface area contributed by atoms with Crippen molar-refractivity contribution < 1.29 is 14.3 Å². The first kappa shape index (κ1) is 13.6. The van der Waals surface area contributed by atoms with E-state index in [1.54, 1.807) is 20.1 Å². The van der Waals surface area contributed by atoms with Gasteiger partial charge in [0.2, 0.25) is 0 Å². The van der Waals surface area contributed by atoms with Crippen LogP contribution in [0.15, 0.2) is 22.8 Å². The molecule has 2 aromatic rings. The van der Waals surface area contributed by atoms with Gasteiger partial charge in [0.1, 0.15) is 11.3 Å². The third-order valence-corrected chi connectivity index (χ3v) is 3.33. The second-order valence-corrected chi connectivity index (χ2v) is 4.63. The lowest BCUT2D eigenvalue weighted by Crippen LogP contribution is -2.09. The van der Waals surface area contributed by atoms with Crippen molar-refractivity contribution in [3.05, 3.63) is 28.4 Å². The van der Waals surface area contributed by atoms with Crippen molar-refractivity contribution in [1.82, 2.24) is 4.98 Å². The molecule has 0 aliphatic rings. The molecule has 2 rings (SSSR count).